The van der Waals surface area contributed by atoms with E-state index in [9.17, 15) is 4.79 Å². The van der Waals surface area contributed by atoms with Crippen LogP contribution in [0.3, 0.4) is 0 Å². The Bertz CT molecular complexity index is 644. The molecule has 1 atom stereocenters. The van der Waals surface area contributed by atoms with Crippen LogP contribution in [0.1, 0.15) is 34.6 Å². The van der Waals surface area contributed by atoms with Crippen LogP contribution in [0.4, 0.5) is 0 Å². The number of nitrogens with one attached hydrogen (secondary N) is 1. The van der Waals surface area contributed by atoms with E-state index in [0.717, 1.165) is 11.3 Å². The van der Waals surface area contributed by atoms with Crippen molar-refractivity contribution >= 4 is 29.1 Å². The first-order chi connectivity index (χ1) is 9.49. The van der Waals surface area contributed by atoms with Gasteiger partial charge >= 0.3 is 0 Å². The second-order valence-corrected chi connectivity index (χ2v) is 5.34. The average Bonchev–Trinajstić information content (AvgIpc) is 2.38. The number of rotatable bonds is 3. The van der Waals surface area contributed by atoms with Gasteiger partial charge in [0.1, 0.15) is 0 Å². The van der Waals surface area contributed by atoms with Crippen LogP contribution in [-0.2, 0) is 0 Å². The van der Waals surface area contributed by atoms with Crippen LogP contribution >= 0.6 is 23.2 Å². The number of hydrogen-bond acceptors (Lipinski definition) is 2. The Kier molecular flexibility index (Phi) is 4.63. The van der Waals surface area contributed by atoms with Crippen LogP contribution in [-0.4, -0.2) is 10.9 Å². The molecule has 0 aliphatic carbocycles. The van der Waals surface area contributed by atoms with Crippen LogP contribution in [0.2, 0.25) is 10.0 Å². The molecule has 1 heterocycles. The van der Waals surface area contributed by atoms with Gasteiger partial charge < -0.3 is 5.32 Å². The van der Waals surface area contributed by atoms with Gasteiger partial charge in [-0.15, -0.1) is 0 Å². The summed E-state index contributed by atoms with van der Waals surface area (Å²) in [7, 11) is 0. The molecule has 1 aromatic carbocycles. The SMILES string of the molecule is Cc1cc(Cl)c(C(=O)NC(C)c2ccccc2Cl)cn1. The molecule has 3 nitrogen and oxygen atoms in total. The third-order valence-electron chi connectivity index (χ3n) is 2.95. The summed E-state index contributed by atoms with van der Waals surface area (Å²) >= 11 is 12.2. The van der Waals surface area contributed by atoms with Gasteiger partial charge in [-0.1, -0.05) is 41.4 Å². The van der Waals surface area contributed by atoms with E-state index in [1.165, 1.54) is 6.20 Å². The van der Waals surface area contributed by atoms with Crippen LogP contribution < -0.4 is 5.32 Å². The van der Waals surface area contributed by atoms with E-state index in [4.69, 9.17) is 23.2 Å². The highest BCUT2D eigenvalue weighted by atomic mass is 35.5. The van der Waals surface area contributed by atoms with Crippen molar-refractivity contribution in [1.82, 2.24) is 10.3 Å². The van der Waals surface area contributed by atoms with Gasteiger partial charge in [0.2, 0.25) is 0 Å². The van der Waals surface area contributed by atoms with Crippen molar-refractivity contribution in [3.8, 4) is 0 Å². The van der Waals surface area contributed by atoms with Gasteiger partial charge in [-0.05, 0) is 31.5 Å². The molecular weight excluding hydrogens is 295 g/mol. The van der Waals surface area contributed by atoms with E-state index in [1.54, 1.807) is 12.1 Å². The lowest BCUT2D eigenvalue weighted by Crippen LogP contribution is -2.27. The standard InChI is InChI=1S/C15H14Cl2N2O/c1-9-7-14(17)12(8-18-9)15(20)19-10(2)11-5-3-4-6-13(11)16/h3-8,10H,1-2H3,(H,19,20). The smallest absolute Gasteiger partial charge is 0.254 e. The Morgan fingerprint density at radius 2 is 1.95 bits per heavy atom. The lowest BCUT2D eigenvalue weighted by molar-refractivity contribution is 0.0939. The van der Waals surface area contributed by atoms with Crippen LogP contribution in [0, 0.1) is 6.92 Å². The molecular formula is C15H14Cl2N2O. The molecule has 0 saturated heterocycles. The minimum absolute atomic E-state index is 0.214. The van der Waals surface area contributed by atoms with Crippen molar-refractivity contribution in [3.63, 3.8) is 0 Å². The Morgan fingerprint density at radius 1 is 1.25 bits per heavy atom. The molecule has 2 aromatic rings. The highest BCUT2D eigenvalue weighted by molar-refractivity contribution is 6.34. The van der Waals surface area contributed by atoms with E-state index in [-0.39, 0.29) is 11.9 Å². The fourth-order valence-corrected chi connectivity index (χ4v) is 2.46. The van der Waals surface area contributed by atoms with Crippen LogP contribution in [0.25, 0.3) is 0 Å². The van der Waals surface area contributed by atoms with Gasteiger partial charge in [-0.2, -0.15) is 0 Å². The molecule has 0 bridgehead atoms. The highest BCUT2D eigenvalue weighted by Gasteiger charge is 2.16. The highest BCUT2D eigenvalue weighted by Crippen LogP contribution is 2.23. The summed E-state index contributed by atoms with van der Waals surface area (Å²) in [5.41, 5.74) is 1.99. The molecule has 1 aromatic heterocycles. The largest absolute Gasteiger partial charge is 0.345 e. The molecule has 0 spiro atoms. The summed E-state index contributed by atoms with van der Waals surface area (Å²) in [6.45, 7) is 3.69. The van der Waals surface area contributed by atoms with Crippen molar-refractivity contribution in [3.05, 3.63) is 63.4 Å². The van der Waals surface area contributed by atoms with Crippen molar-refractivity contribution in [2.24, 2.45) is 0 Å². The molecule has 1 unspecified atom stereocenters. The van der Waals surface area contributed by atoms with Crippen LogP contribution in [0.5, 0.6) is 0 Å². The topological polar surface area (TPSA) is 42.0 Å². The maximum absolute atomic E-state index is 12.2. The number of hydrogen-bond donors (Lipinski definition) is 1. The number of pyridine rings is 1. The molecule has 0 fully saturated rings. The van der Waals surface area contributed by atoms with Gasteiger partial charge in [0.15, 0.2) is 0 Å². The van der Waals surface area contributed by atoms with Gasteiger partial charge in [-0.25, -0.2) is 0 Å². The molecule has 0 radical (unpaired) electrons. The molecule has 1 N–H and O–H groups in total. The van der Waals surface area contributed by atoms with Gasteiger partial charge in [0.25, 0.3) is 5.91 Å². The van der Waals surface area contributed by atoms with Gasteiger partial charge in [0.05, 0.1) is 16.6 Å². The number of benzene rings is 1. The number of amides is 1. The Morgan fingerprint density at radius 3 is 2.60 bits per heavy atom. The maximum Gasteiger partial charge on any atom is 0.254 e. The quantitative estimate of drug-likeness (QED) is 0.924. The van der Waals surface area contributed by atoms with E-state index in [2.05, 4.69) is 10.3 Å². The molecule has 2 rings (SSSR count). The predicted octanol–water partition coefficient (Wildman–Crippen LogP) is 4.19. The lowest BCUT2D eigenvalue weighted by Gasteiger charge is -2.16. The zero-order chi connectivity index (χ0) is 14.7. The summed E-state index contributed by atoms with van der Waals surface area (Å²) < 4.78 is 0. The zero-order valence-electron chi connectivity index (χ0n) is 11.2. The first-order valence-corrected chi connectivity index (χ1v) is 6.92. The summed E-state index contributed by atoms with van der Waals surface area (Å²) in [6, 6.07) is 8.85. The second-order valence-electron chi connectivity index (χ2n) is 4.52. The maximum atomic E-state index is 12.2. The van der Waals surface area contributed by atoms with E-state index >= 15 is 0 Å². The Hall–Kier alpha value is -1.58. The predicted molar refractivity (Wildman–Crippen MR) is 81.3 cm³/mol. The van der Waals surface area contributed by atoms with Crippen molar-refractivity contribution in [2.45, 2.75) is 19.9 Å². The number of carbonyl (C=O) groups excluding carboxylic acids is 1. The lowest BCUT2D eigenvalue weighted by atomic mass is 10.1. The first kappa shape index (κ1) is 14.8. The second kappa shape index (κ2) is 6.25. The van der Waals surface area contributed by atoms with E-state index in [0.29, 0.717) is 15.6 Å². The van der Waals surface area contributed by atoms with Gasteiger partial charge in [-0.3, -0.25) is 9.78 Å². The monoisotopic (exact) mass is 308 g/mol. The fourth-order valence-electron chi connectivity index (χ4n) is 1.87. The molecule has 1 amide bonds. The van der Waals surface area contributed by atoms with Gasteiger partial charge in [0, 0.05) is 16.9 Å². The van der Waals surface area contributed by atoms with Crippen molar-refractivity contribution in [1.29, 1.82) is 0 Å². The minimum atomic E-state index is -0.269. The minimum Gasteiger partial charge on any atom is -0.345 e. The average molecular weight is 309 g/mol. The number of aromatic nitrogens is 1. The molecule has 5 heteroatoms. The molecule has 0 aliphatic rings. The van der Waals surface area contributed by atoms with Crippen molar-refractivity contribution in [2.75, 3.05) is 0 Å². The third-order valence-corrected chi connectivity index (χ3v) is 3.61. The third kappa shape index (κ3) is 3.30. The normalized spacial score (nSPS) is 12.0. The van der Waals surface area contributed by atoms with Crippen LogP contribution in [0.15, 0.2) is 36.5 Å². The Balaban J connectivity index is 2.17. The molecule has 20 heavy (non-hydrogen) atoms. The molecule has 0 saturated carbocycles. The Labute approximate surface area is 127 Å². The molecule has 0 aliphatic heterocycles. The first-order valence-electron chi connectivity index (χ1n) is 6.16. The van der Waals surface area contributed by atoms with E-state index in [1.807, 2.05) is 32.0 Å². The molecule has 104 valence electrons. The number of halogens is 2. The number of aryl methyl sites for hydroxylation is 1. The summed E-state index contributed by atoms with van der Waals surface area (Å²) in [6.07, 6.45) is 1.48. The number of nitrogens with zero attached hydrogens (tertiary/aromatic N) is 1. The van der Waals surface area contributed by atoms with Crippen molar-refractivity contribution < 1.29 is 4.79 Å². The summed E-state index contributed by atoms with van der Waals surface area (Å²) in [4.78, 5) is 16.3. The number of carbonyl (C=O) groups is 1. The summed E-state index contributed by atoms with van der Waals surface area (Å²) in [5.74, 6) is -0.269. The fraction of sp³-hybridized carbons (Fsp3) is 0.200. The zero-order valence-corrected chi connectivity index (χ0v) is 12.7. The van der Waals surface area contributed by atoms with E-state index < -0.39 is 0 Å². The summed E-state index contributed by atoms with van der Waals surface area (Å²) in [5, 5.41) is 3.87.